The van der Waals surface area contributed by atoms with Crippen molar-refractivity contribution < 1.29 is 14.3 Å². The molecule has 27 heavy (non-hydrogen) atoms. The fourth-order valence-corrected chi connectivity index (χ4v) is 2.77. The molecule has 0 heterocycles. The average Bonchev–Trinajstić information content (AvgIpc) is 2.55. The minimum absolute atomic E-state index is 0.202. The zero-order chi connectivity index (χ0) is 20.0. The van der Waals surface area contributed by atoms with Crippen LogP contribution in [-0.4, -0.2) is 24.1 Å². The SMILES string of the molecule is CCNC(=O)C(C)(C)Oc1ccc(NC(=O)Nc2cc(Cl)cc(Cl)c2)cc1. The molecule has 0 spiro atoms. The molecule has 0 saturated carbocycles. The third kappa shape index (κ3) is 6.34. The molecule has 3 N–H and O–H groups in total. The van der Waals surface area contributed by atoms with Crippen LogP contribution in [0.5, 0.6) is 5.75 Å². The molecule has 0 aliphatic heterocycles. The van der Waals surface area contributed by atoms with Crippen LogP contribution in [0, 0.1) is 0 Å². The van der Waals surface area contributed by atoms with Crippen molar-refractivity contribution in [1.29, 1.82) is 0 Å². The van der Waals surface area contributed by atoms with Crippen LogP contribution in [0.25, 0.3) is 0 Å². The summed E-state index contributed by atoms with van der Waals surface area (Å²) in [4.78, 5) is 24.1. The summed E-state index contributed by atoms with van der Waals surface area (Å²) in [6.45, 7) is 5.75. The number of halogens is 2. The maximum Gasteiger partial charge on any atom is 0.323 e. The van der Waals surface area contributed by atoms with Gasteiger partial charge in [-0.15, -0.1) is 0 Å². The number of likely N-dealkylation sites (N-methyl/N-ethyl adjacent to an activating group) is 1. The Morgan fingerprint density at radius 3 is 2.07 bits per heavy atom. The van der Waals surface area contributed by atoms with Crippen molar-refractivity contribution in [3.63, 3.8) is 0 Å². The van der Waals surface area contributed by atoms with E-state index in [1.54, 1.807) is 56.3 Å². The van der Waals surface area contributed by atoms with Crippen LogP contribution in [-0.2, 0) is 4.79 Å². The number of urea groups is 1. The van der Waals surface area contributed by atoms with E-state index in [1.165, 1.54) is 0 Å². The molecule has 2 rings (SSSR count). The quantitative estimate of drug-likeness (QED) is 0.632. The molecule has 0 aromatic heterocycles. The van der Waals surface area contributed by atoms with E-state index in [0.29, 0.717) is 33.7 Å². The van der Waals surface area contributed by atoms with Crippen LogP contribution < -0.4 is 20.7 Å². The summed E-state index contributed by atoms with van der Waals surface area (Å²) in [5, 5.41) is 8.92. The van der Waals surface area contributed by atoms with Crippen LogP contribution in [0.3, 0.4) is 0 Å². The fourth-order valence-electron chi connectivity index (χ4n) is 2.24. The fraction of sp³-hybridized carbons (Fsp3) is 0.263. The van der Waals surface area contributed by atoms with Gasteiger partial charge in [0.1, 0.15) is 5.75 Å². The van der Waals surface area contributed by atoms with Crippen molar-refractivity contribution in [1.82, 2.24) is 5.32 Å². The number of carbonyl (C=O) groups excluding carboxylic acids is 2. The minimum Gasteiger partial charge on any atom is -0.478 e. The normalized spacial score (nSPS) is 10.9. The number of nitrogens with one attached hydrogen (secondary N) is 3. The zero-order valence-electron chi connectivity index (χ0n) is 15.2. The molecule has 0 aliphatic carbocycles. The van der Waals surface area contributed by atoms with Crippen molar-refractivity contribution >= 4 is 46.5 Å². The second-order valence-electron chi connectivity index (χ2n) is 6.23. The topological polar surface area (TPSA) is 79.5 Å². The molecule has 8 heteroatoms. The van der Waals surface area contributed by atoms with Crippen LogP contribution in [0.1, 0.15) is 20.8 Å². The van der Waals surface area contributed by atoms with Crippen molar-refractivity contribution in [3.05, 3.63) is 52.5 Å². The smallest absolute Gasteiger partial charge is 0.323 e. The monoisotopic (exact) mass is 409 g/mol. The summed E-state index contributed by atoms with van der Waals surface area (Å²) in [5.74, 6) is 0.311. The van der Waals surface area contributed by atoms with Gasteiger partial charge in [-0.05, 0) is 63.2 Å². The number of benzene rings is 2. The van der Waals surface area contributed by atoms with Crippen LogP contribution in [0.4, 0.5) is 16.2 Å². The van der Waals surface area contributed by atoms with Gasteiger partial charge in [0, 0.05) is 28.0 Å². The lowest BCUT2D eigenvalue weighted by atomic mass is 10.1. The standard InChI is InChI=1S/C19H21Cl2N3O3/c1-4-22-17(25)19(2,3)27-16-7-5-14(6-8-16)23-18(26)24-15-10-12(20)9-13(21)11-15/h5-11H,4H2,1-3H3,(H,22,25)(H2,23,24,26). The van der Waals surface area contributed by atoms with Crippen molar-refractivity contribution in [3.8, 4) is 5.75 Å². The molecule has 0 aliphatic rings. The second-order valence-corrected chi connectivity index (χ2v) is 7.11. The highest BCUT2D eigenvalue weighted by Crippen LogP contribution is 2.23. The number of rotatable bonds is 6. The van der Waals surface area contributed by atoms with Gasteiger partial charge in [-0.1, -0.05) is 23.2 Å². The van der Waals surface area contributed by atoms with Crippen molar-refractivity contribution in [2.45, 2.75) is 26.4 Å². The van der Waals surface area contributed by atoms with Crippen LogP contribution in [0.2, 0.25) is 10.0 Å². The van der Waals surface area contributed by atoms with Crippen molar-refractivity contribution in [2.24, 2.45) is 0 Å². The number of carbonyl (C=O) groups is 2. The van der Waals surface area contributed by atoms with E-state index in [4.69, 9.17) is 27.9 Å². The first kappa shape index (κ1) is 20.9. The summed E-state index contributed by atoms with van der Waals surface area (Å²) in [6.07, 6.45) is 0. The predicted octanol–water partition coefficient (Wildman–Crippen LogP) is 4.93. The van der Waals surface area contributed by atoms with E-state index >= 15 is 0 Å². The maximum atomic E-state index is 12.1. The molecular formula is C19H21Cl2N3O3. The molecule has 0 bridgehead atoms. The number of amides is 3. The molecule has 144 valence electrons. The first-order valence-corrected chi connectivity index (χ1v) is 9.06. The van der Waals surface area contributed by atoms with Gasteiger partial charge >= 0.3 is 6.03 Å². The molecule has 2 aromatic rings. The Hall–Kier alpha value is -2.44. The highest BCUT2D eigenvalue weighted by Gasteiger charge is 2.29. The largest absolute Gasteiger partial charge is 0.478 e. The van der Waals surface area contributed by atoms with E-state index in [1.807, 2.05) is 6.92 Å². The van der Waals surface area contributed by atoms with Crippen LogP contribution in [0.15, 0.2) is 42.5 Å². The summed E-state index contributed by atoms with van der Waals surface area (Å²) in [5.41, 5.74) is 0.0335. The number of hydrogen-bond acceptors (Lipinski definition) is 3. The van der Waals surface area contributed by atoms with Gasteiger partial charge in [0.25, 0.3) is 5.91 Å². The highest BCUT2D eigenvalue weighted by molar-refractivity contribution is 6.35. The number of anilines is 2. The number of ether oxygens (including phenoxy) is 1. The van der Waals surface area contributed by atoms with Gasteiger partial charge in [-0.25, -0.2) is 4.79 Å². The van der Waals surface area contributed by atoms with Gasteiger partial charge < -0.3 is 20.7 Å². The second kappa shape index (κ2) is 8.97. The molecule has 0 saturated heterocycles. The first-order valence-electron chi connectivity index (χ1n) is 8.31. The van der Waals surface area contributed by atoms with Gasteiger partial charge in [-0.3, -0.25) is 4.79 Å². The first-order chi connectivity index (χ1) is 12.7. The van der Waals surface area contributed by atoms with E-state index < -0.39 is 11.6 Å². The molecule has 0 unspecified atom stereocenters. The van der Waals surface area contributed by atoms with E-state index in [2.05, 4.69) is 16.0 Å². The summed E-state index contributed by atoms with van der Waals surface area (Å²) >= 11 is 11.8. The third-order valence-electron chi connectivity index (χ3n) is 3.49. The lowest BCUT2D eigenvalue weighted by Gasteiger charge is -2.25. The third-order valence-corrected chi connectivity index (χ3v) is 3.93. The predicted molar refractivity (Wildman–Crippen MR) is 109 cm³/mol. The average molecular weight is 410 g/mol. The van der Waals surface area contributed by atoms with Gasteiger partial charge in [0.2, 0.25) is 0 Å². The maximum absolute atomic E-state index is 12.1. The molecular weight excluding hydrogens is 389 g/mol. The summed E-state index contributed by atoms with van der Waals surface area (Å²) < 4.78 is 5.73. The van der Waals surface area contributed by atoms with E-state index in [0.717, 1.165) is 0 Å². The van der Waals surface area contributed by atoms with E-state index in [-0.39, 0.29) is 5.91 Å². The zero-order valence-corrected chi connectivity index (χ0v) is 16.7. The van der Waals surface area contributed by atoms with E-state index in [9.17, 15) is 9.59 Å². The number of hydrogen-bond donors (Lipinski definition) is 3. The van der Waals surface area contributed by atoms with Crippen molar-refractivity contribution in [2.75, 3.05) is 17.2 Å². The molecule has 0 atom stereocenters. The van der Waals surface area contributed by atoms with Gasteiger partial charge in [0.15, 0.2) is 5.60 Å². The summed E-state index contributed by atoms with van der Waals surface area (Å²) in [7, 11) is 0. The van der Waals surface area contributed by atoms with Gasteiger partial charge in [-0.2, -0.15) is 0 Å². The highest BCUT2D eigenvalue weighted by atomic mass is 35.5. The molecule has 2 aromatic carbocycles. The Morgan fingerprint density at radius 1 is 0.963 bits per heavy atom. The molecule has 0 fully saturated rings. The van der Waals surface area contributed by atoms with Gasteiger partial charge in [0.05, 0.1) is 0 Å². The molecule has 3 amide bonds. The molecule has 0 radical (unpaired) electrons. The Kier molecular flexibility index (Phi) is 6.93. The lowest BCUT2D eigenvalue weighted by Crippen LogP contribution is -2.46. The summed E-state index contributed by atoms with van der Waals surface area (Å²) in [6, 6.07) is 11.0. The Labute approximate surface area is 168 Å². The minimum atomic E-state index is -1.01. The molecule has 6 nitrogen and oxygen atoms in total. The Balaban J connectivity index is 1.96. The van der Waals surface area contributed by atoms with Crippen LogP contribution >= 0.6 is 23.2 Å². The Morgan fingerprint density at radius 2 is 1.52 bits per heavy atom. The Bertz CT molecular complexity index is 803. The lowest BCUT2D eigenvalue weighted by molar-refractivity contribution is -0.134.